The van der Waals surface area contributed by atoms with Crippen LogP contribution in [0.2, 0.25) is 0 Å². The maximum absolute atomic E-state index is 5.12. The molecule has 0 radical (unpaired) electrons. The van der Waals surface area contributed by atoms with Gasteiger partial charge in [0.1, 0.15) is 0 Å². The van der Waals surface area contributed by atoms with E-state index in [1.54, 1.807) is 18.9 Å². The predicted molar refractivity (Wildman–Crippen MR) is 86.0 cm³/mol. The first-order valence-corrected chi connectivity index (χ1v) is 7.83. The lowest BCUT2D eigenvalue weighted by Crippen LogP contribution is -2.06. The Labute approximate surface area is 129 Å². The molecule has 0 aliphatic heterocycles. The van der Waals surface area contributed by atoms with Gasteiger partial charge >= 0.3 is 6.01 Å². The van der Waals surface area contributed by atoms with Crippen molar-refractivity contribution in [3.63, 3.8) is 0 Å². The minimum atomic E-state index is 0.337. The second-order valence-corrected chi connectivity index (χ2v) is 5.69. The zero-order chi connectivity index (χ0) is 15.2. The van der Waals surface area contributed by atoms with Crippen LogP contribution in [0.5, 0.6) is 6.01 Å². The molecule has 21 heavy (non-hydrogen) atoms. The molecule has 0 aliphatic rings. The quantitative estimate of drug-likeness (QED) is 0.827. The van der Waals surface area contributed by atoms with Gasteiger partial charge in [-0.2, -0.15) is 15.0 Å². The fraction of sp³-hybridized carbons (Fsp3) is 0.400. The number of ether oxygens (including phenoxy) is 1. The highest BCUT2D eigenvalue weighted by Crippen LogP contribution is 2.23. The number of nitrogens with one attached hydrogen (secondary N) is 1. The van der Waals surface area contributed by atoms with E-state index < -0.39 is 0 Å². The van der Waals surface area contributed by atoms with Crippen LogP contribution in [0.3, 0.4) is 0 Å². The van der Waals surface area contributed by atoms with Gasteiger partial charge in [0.05, 0.1) is 7.11 Å². The van der Waals surface area contributed by atoms with Crippen LogP contribution in [0.15, 0.2) is 23.4 Å². The molecule has 0 amide bonds. The summed E-state index contributed by atoms with van der Waals surface area (Å²) in [7, 11) is 1.56. The summed E-state index contributed by atoms with van der Waals surface area (Å²) in [4.78, 5) is 12.8. The minimum absolute atomic E-state index is 0.337. The average Bonchev–Trinajstić information content (AvgIpc) is 2.44. The third kappa shape index (κ3) is 4.60. The van der Waals surface area contributed by atoms with Gasteiger partial charge in [0.25, 0.3) is 0 Å². The van der Waals surface area contributed by atoms with Crippen LogP contribution in [0, 0.1) is 13.8 Å². The zero-order valence-electron chi connectivity index (χ0n) is 12.8. The maximum atomic E-state index is 5.12. The molecule has 0 unspecified atom stereocenters. The van der Waals surface area contributed by atoms with Gasteiger partial charge in [-0.05, 0) is 26.3 Å². The number of aryl methyl sites for hydroxylation is 2. The molecule has 0 saturated carbocycles. The molecular formula is C15H20N4OS. The molecule has 1 N–H and O–H groups in total. The number of methoxy groups -OCH3 is 1. The Morgan fingerprint density at radius 3 is 2.43 bits per heavy atom. The van der Waals surface area contributed by atoms with E-state index in [0.717, 1.165) is 12.3 Å². The average molecular weight is 304 g/mol. The van der Waals surface area contributed by atoms with E-state index in [1.165, 1.54) is 16.7 Å². The summed E-state index contributed by atoms with van der Waals surface area (Å²) in [6, 6.07) is 6.88. The van der Waals surface area contributed by atoms with Gasteiger partial charge in [0.15, 0.2) is 5.16 Å². The van der Waals surface area contributed by atoms with Crippen molar-refractivity contribution in [1.29, 1.82) is 0 Å². The Morgan fingerprint density at radius 1 is 1.10 bits per heavy atom. The van der Waals surface area contributed by atoms with Gasteiger partial charge in [-0.25, -0.2) is 0 Å². The lowest BCUT2D eigenvalue weighted by atomic mass is 10.1. The first-order chi connectivity index (χ1) is 10.1. The topological polar surface area (TPSA) is 59.9 Å². The smallest absolute Gasteiger partial charge is 0.321 e. The Bertz CT molecular complexity index is 598. The molecule has 1 heterocycles. The number of hydrogen-bond donors (Lipinski definition) is 1. The first kappa shape index (κ1) is 15.6. The SMILES string of the molecule is CCNc1nc(OC)nc(SCc2cc(C)cc(C)c2)n1. The highest BCUT2D eigenvalue weighted by molar-refractivity contribution is 7.98. The van der Waals surface area contributed by atoms with Crippen molar-refractivity contribution < 1.29 is 4.74 Å². The normalized spacial score (nSPS) is 10.5. The summed E-state index contributed by atoms with van der Waals surface area (Å²) in [5, 5.41) is 3.75. The number of aromatic nitrogens is 3. The summed E-state index contributed by atoms with van der Waals surface area (Å²) in [5.41, 5.74) is 3.81. The number of rotatable bonds is 6. The molecular weight excluding hydrogens is 284 g/mol. The Morgan fingerprint density at radius 2 is 1.81 bits per heavy atom. The van der Waals surface area contributed by atoms with Gasteiger partial charge < -0.3 is 10.1 Å². The molecule has 2 rings (SSSR count). The predicted octanol–water partition coefficient (Wildman–Crippen LogP) is 3.22. The number of nitrogens with zero attached hydrogens (tertiary/aromatic N) is 3. The van der Waals surface area contributed by atoms with Gasteiger partial charge in [0.2, 0.25) is 5.95 Å². The van der Waals surface area contributed by atoms with Crippen molar-refractivity contribution in [2.45, 2.75) is 31.7 Å². The van der Waals surface area contributed by atoms with Crippen molar-refractivity contribution in [3.8, 4) is 6.01 Å². The Balaban J connectivity index is 2.13. The molecule has 0 aliphatic carbocycles. The molecule has 6 heteroatoms. The second-order valence-electron chi connectivity index (χ2n) is 4.74. The third-order valence-corrected chi connectivity index (χ3v) is 3.68. The van der Waals surface area contributed by atoms with E-state index >= 15 is 0 Å². The molecule has 1 aromatic heterocycles. The monoisotopic (exact) mass is 304 g/mol. The summed E-state index contributed by atoms with van der Waals surface area (Å²) in [6.07, 6.45) is 0. The van der Waals surface area contributed by atoms with E-state index in [9.17, 15) is 0 Å². The fourth-order valence-electron chi connectivity index (χ4n) is 2.03. The van der Waals surface area contributed by atoms with Crippen LogP contribution in [0.1, 0.15) is 23.6 Å². The molecule has 112 valence electrons. The van der Waals surface area contributed by atoms with E-state index in [-0.39, 0.29) is 0 Å². The van der Waals surface area contributed by atoms with Crippen LogP contribution in [0.4, 0.5) is 5.95 Å². The van der Waals surface area contributed by atoms with Crippen molar-refractivity contribution in [3.05, 3.63) is 34.9 Å². The van der Waals surface area contributed by atoms with Crippen LogP contribution in [-0.2, 0) is 5.75 Å². The zero-order valence-corrected chi connectivity index (χ0v) is 13.6. The molecule has 5 nitrogen and oxygen atoms in total. The maximum Gasteiger partial charge on any atom is 0.321 e. The molecule has 2 aromatic rings. The summed E-state index contributed by atoms with van der Waals surface area (Å²) >= 11 is 1.58. The Hall–Kier alpha value is -1.82. The van der Waals surface area contributed by atoms with Crippen LogP contribution >= 0.6 is 11.8 Å². The van der Waals surface area contributed by atoms with Crippen LogP contribution < -0.4 is 10.1 Å². The van der Waals surface area contributed by atoms with Gasteiger partial charge in [-0.3, -0.25) is 0 Å². The summed E-state index contributed by atoms with van der Waals surface area (Å²) in [5.74, 6) is 1.37. The molecule has 0 fully saturated rings. The molecule has 0 atom stereocenters. The highest BCUT2D eigenvalue weighted by Gasteiger charge is 2.07. The second kappa shape index (κ2) is 7.26. The molecule has 0 spiro atoms. The fourth-order valence-corrected chi connectivity index (χ4v) is 2.79. The van der Waals surface area contributed by atoms with Crippen molar-refractivity contribution in [2.75, 3.05) is 19.0 Å². The molecule has 0 saturated heterocycles. The third-order valence-electron chi connectivity index (χ3n) is 2.76. The first-order valence-electron chi connectivity index (χ1n) is 6.84. The standard InChI is InChI=1S/C15H20N4OS/c1-5-16-13-17-14(20-4)19-15(18-13)21-9-12-7-10(2)6-11(3)8-12/h6-8H,5,9H2,1-4H3,(H,16,17,18,19). The van der Waals surface area contributed by atoms with Crippen LogP contribution in [-0.4, -0.2) is 28.6 Å². The van der Waals surface area contributed by atoms with Crippen molar-refractivity contribution >= 4 is 17.7 Å². The lowest BCUT2D eigenvalue weighted by Gasteiger charge is -2.07. The largest absolute Gasteiger partial charge is 0.467 e. The number of benzene rings is 1. The lowest BCUT2D eigenvalue weighted by molar-refractivity contribution is 0.373. The number of thioether (sulfide) groups is 1. The number of anilines is 1. The highest BCUT2D eigenvalue weighted by atomic mass is 32.2. The van der Waals surface area contributed by atoms with E-state index in [4.69, 9.17) is 4.74 Å². The van der Waals surface area contributed by atoms with Crippen molar-refractivity contribution in [1.82, 2.24) is 15.0 Å². The van der Waals surface area contributed by atoms with E-state index in [0.29, 0.717) is 17.1 Å². The summed E-state index contributed by atoms with van der Waals surface area (Å²) < 4.78 is 5.12. The van der Waals surface area contributed by atoms with Gasteiger partial charge in [-0.1, -0.05) is 41.1 Å². The van der Waals surface area contributed by atoms with E-state index in [1.807, 2.05) is 6.92 Å². The number of hydrogen-bond acceptors (Lipinski definition) is 6. The van der Waals surface area contributed by atoms with Gasteiger partial charge in [0, 0.05) is 12.3 Å². The molecule has 0 bridgehead atoms. The van der Waals surface area contributed by atoms with E-state index in [2.05, 4.69) is 52.3 Å². The van der Waals surface area contributed by atoms with Gasteiger partial charge in [-0.15, -0.1) is 0 Å². The van der Waals surface area contributed by atoms with Crippen LogP contribution in [0.25, 0.3) is 0 Å². The minimum Gasteiger partial charge on any atom is -0.467 e. The van der Waals surface area contributed by atoms with Crippen molar-refractivity contribution in [2.24, 2.45) is 0 Å². The Kier molecular flexibility index (Phi) is 5.38. The summed E-state index contributed by atoms with van der Waals surface area (Å²) in [6.45, 7) is 6.97. The molecule has 1 aromatic carbocycles.